The number of carbonyl (C=O) groups is 1. The number of carbonyl (C=O) groups excluding carboxylic acids is 1. The molecule has 3 aromatic carbocycles. The van der Waals surface area contributed by atoms with E-state index < -0.39 is 17.6 Å². The second-order valence-corrected chi connectivity index (χ2v) is 7.33. The van der Waals surface area contributed by atoms with Crippen LogP contribution >= 0.6 is 0 Å². The molecule has 1 amide bonds. The van der Waals surface area contributed by atoms with Crippen molar-refractivity contribution in [2.24, 2.45) is 0 Å². The Morgan fingerprint density at radius 3 is 2.28 bits per heavy atom. The van der Waals surface area contributed by atoms with Crippen molar-refractivity contribution in [2.45, 2.75) is 12.6 Å². The summed E-state index contributed by atoms with van der Waals surface area (Å²) in [6, 6.07) is 18.3. The van der Waals surface area contributed by atoms with Crippen molar-refractivity contribution in [1.82, 2.24) is 4.98 Å². The van der Waals surface area contributed by atoms with Gasteiger partial charge < -0.3 is 4.90 Å². The number of benzene rings is 3. The number of amides is 1. The predicted octanol–water partition coefficient (Wildman–Crippen LogP) is 6.27. The van der Waals surface area contributed by atoms with Gasteiger partial charge in [-0.15, -0.1) is 0 Å². The summed E-state index contributed by atoms with van der Waals surface area (Å²) in [6.45, 7) is 0. The van der Waals surface area contributed by atoms with Crippen molar-refractivity contribution in [1.29, 1.82) is 0 Å². The van der Waals surface area contributed by atoms with Gasteiger partial charge in [0.15, 0.2) is 0 Å². The Balaban J connectivity index is 1.82. The first kappa shape index (κ1) is 21.5. The average molecular weight is 438 g/mol. The number of hydrogen-bond acceptors (Lipinski definition) is 2. The number of anilines is 1. The molecule has 0 spiro atoms. The highest BCUT2D eigenvalue weighted by molar-refractivity contribution is 6.01. The average Bonchev–Trinajstić information content (AvgIpc) is 2.78. The van der Waals surface area contributed by atoms with Crippen molar-refractivity contribution in [3.05, 3.63) is 95.9 Å². The van der Waals surface area contributed by atoms with Crippen molar-refractivity contribution < 1.29 is 22.4 Å². The minimum atomic E-state index is -4.55. The van der Waals surface area contributed by atoms with E-state index in [1.165, 1.54) is 41.4 Å². The standard InChI is InChI=1S/C25H18F4N2O/c1-31(19-12-10-18(26)11-13-19)22(32)14-17-15-30-24-20(8-5-9-21(24)25(27,28)29)23(17)16-6-3-2-4-7-16/h2-13,15H,14H2,1H3. The Morgan fingerprint density at radius 1 is 0.938 bits per heavy atom. The summed E-state index contributed by atoms with van der Waals surface area (Å²) in [4.78, 5) is 18.4. The van der Waals surface area contributed by atoms with Gasteiger partial charge in [-0.05, 0) is 47.0 Å². The SMILES string of the molecule is CN(C(=O)Cc1cnc2c(C(F)(F)F)cccc2c1-c1ccccc1)c1ccc(F)cc1. The van der Waals surface area contributed by atoms with E-state index in [0.29, 0.717) is 27.8 Å². The van der Waals surface area contributed by atoms with Gasteiger partial charge in [0.25, 0.3) is 0 Å². The lowest BCUT2D eigenvalue weighted by Gasteiger charge is -2.20. The largest absolute Gasteiger partial charge is 0.418 e. The van der Waals surface area contributed by atoms with Crippen molar-refractivity contribution in [2.75, 3.05) is 11.9 Å². The minimum absolute atomic E-state index is 0.0860. The van der Waals surface area contributed by atoms with E-state index in [4.69, 9.17) is 0 Å². The van der Waals surface area contributed by atoms with Crippen molar-refractivity contribution in [3.63, 3.8) is 0 Å². The van der Waals surface area contributed by atoms with Crippen LogP contribution in [0.3, 0.4) is 0 Å². The van der Waals surface area contributed by atoms with Crippen molar-refractivity contribution >= 4 is 22.5 Å². The molecule has 0 bridgehead atoms. The molecule has 1 aromatic heterocycles. The van der Waals surface area contributed by atoms with Crippen LogP contribution in [0.4, 0.5) is 23.2 Å². The number of pyridine rings is 1. The molecule has 0 fully saturated rings. The Kier molecular flexibility index (Phi) is 5.65. The van der Waals surface area contributed by atoms with E-state index in [9.17, 15) is 22.4 Å². The summed E-state index contributed by atoms with van der Waals surface area (Å²) in [5.74, 6) is -0.720. The lowest BCUT2D eigenvalue weighted by molar-refractivity contribution is -0.136. The quantitative estimate of drug-likeness (QED) is 0.352. The summed E-state index contributed by atoms with van der Waals surface area (Å²) in [7, 11) is 1.56. The lowest BCUT2D eigenvalue weighted by atomic mass is 9.93. The summed E-state index contributed by atoms with van der Waals surface area (Å²) < 4.78 is 53.9. The molecule has 7 heteroatoms. The van der Waals surface area contributed by atoms with Crippen LogP contribution in [0.15, 0.2) is 79.0 Å². The molecule has 32 heavy (non-hydrogen) atoms. The van der Waals surface area contributed by atoms with Crippen LogP contribution < -0.4 is 4.90 Å². The summed E-state index contributed by atoms with van der Waals surface area (Å²) in [5, 5.41) is 0.320. The Labute approximate surface area is 181 Å². The van der Waals surface area contributed by atoms with Crippen LogP contribution in [0.2, 0.25) is 0 Å². The van der Waals surface area contributed by atoms with Crippen LogP contribution in [0.5, 0.6) is 0 Å². The van der Waals surface area contributed by atoms with Gasteiger partial charge in [0.2, 0.25) is 5.91 Å². The van der Waals surface area contributed by atoms with Gasteiger partial charge in [-0.3, -0.25) is 9.78 Å². The lowest BCUT2D eigenvalue weighted by Crippen LogP contribution is -2.28. The Morgan fingerprint density at radius 2 is 1.62 bits per heavy atom. The maximum Gasteiger partial charge on any atom is 0.418 e. The zero-order valence-electron chi connectivity index (χ0n) is 17.0. The molecule has 162 valence electrons. The number of rotatable bonds is 4. The fraction of sp³-hybridized carbons (Fsp3) is 0.120. The third-order valence-electron chi connectivity index (χ3n) is 5.27. The molecule has 4 rings (SSSR count). The van der Waals surface area contributed by atoms with E-state index in [1.54, 1.807) is 43.4 Å². The molecular formula is C25H18F4N2O. The van der Waals surface area contributed by atoms with Gasteiger partial charge in [-0.25, -0.2) is 4.39 Å². The van der Waals surface area contributed by atoms with E-state index in [1.807, 2.05) is 0 Å². The third kappa shape index (κ3) is 4.19. The molecule has 0 unspecified atom stereocenters. The van der Waals surface area contributed by atoms with Crippen LogP contribution in [0, 0.1) is 5.82 Å². The maximum absolute atomic E-state index is 13.6. The zero-order chi connectivity index (χ0) is 22.9. The van der Waals surface area contributed by atoms with Gasteiger partial charge in [0.1, 0.15) is 5.82 Å². The Bertz CT molecular complexity index is 1270. The number of halogens is 4. The molecule has 4 aromatic rings. The Hall–Kier alpha value is -3.74. The van der Waals surface area contributed by atoms with Crippen LogP contribution in [-0.4, -0.2) is 17.9 Å². The van der Waals surface area contributed by atoms with Gasteiger partial charge in [-0.2, -0.15) is 13.2 Å². The number of fused-ring (bicyclic) bond motifs is 1. The van der Waals surface area contributed by atoms with Crippen LogP contribution in [-0.2, 0) is 17.4 Å². The number of likely N-dealkylation sites (N-methyl/N-ethyl adjacent to an activating group) is 1. The molecule has 0 N–H and O–H groups in total. The first-order valence-electron chi connectivity index (χ1n) is 9.81. The minimum Gasteiger partial charge on any atom is -0.315 e. The second-order valence-electron chi connectivity index (χ2n) is 7.33. The third-order valence-corrected chi connectivity index (χ3v) is 5.27. The van der Waals surface area contributed by atoms with E-state index in [-0.39, 0.29) is 17.8 Å². The first-order chi connectivity index (χ1) is 15.3. The van der Waals surface area contributed by atoms with Crippen LogP contribution in [0.1, 0.15) is 11.1 Å². The van der Waals surface area contributed by atoms with Crippen molar-refractivity contribution in [3.8, 4) is 11.1 Å². The summed E-state index contributed by atoms with van der Waals surface area (Å²) >= 11 is 0. The molecule has 3 nitrogen and oxygen atoms in total. The van der Waals surface area contributed by atoms with E-state index >= 15 is 0 Å². The van der Waals surface area contributed by atoms with Crippen LogP contribution in [0.25, 0.3) is 22.0 Å². The molecule has 0 aliphatic rings. The molecule has 0 saturated heterocycles. The molecule has 0 saturated carbocycles. The smallest absolute Gasteiger partial charge is 0.315 e. The zero-order valence-corrected chi connectivity index (χ0v) is 17.0. The predicted molar refractivity (Wildman–Crippen MR) is 116 cm³/mol. The number of aromatic nitrogens is 1. The highest BCUT2D eigenvalue weighted by atomic mass is 19.4. The summed E-state index contributed by atoms with van der Waals surface area (Å²) in [5.41, 5.74) is 1.23. The molecular weight excluding hydrogens is 420 g/mol. The van der Waals surface area contributed by atoms with Gasteiger partial charge in [0, 0.05) is 24.3 Å². The maximum atomic E-state index is 13.6. The van der Waals surface area contributed by atoms with Gasteiger partial charge >= 0.3 is 6.18 Å². The number of alkyl halides is 3. The normalized spacial score (nSPS) is 11.5. The van der Waals surface area contributed by atoms with Gasteiger partial charge in [-0.1, -0.05) is 42.5 Å². The topological polar surface area (TPSA) is 33.2 Å². The first-order valence-corrected chi connectivity index (χ1v) is 9.81. The highest BCUT2D eigenvalue weighted by Crippen LogP contribution is 2.38. The number of hydrogen-bond donors (Lipinski definition) is 0. The van der Waals surface area contributed by atoms with E-state index in [2.05, 4.69) is 4.98 Å². The molecule has 0 aliphatic carbocycles. The number of para-hydroxylation sites is 1. The molecule has 0 atom stereocenters. The van der Waals surface area contributed by atoms with E-state index in [0.717, 1.165) is 6.07 Å². The highest BCUT2D eigenvalue weighted by Gasteiger charge is 2.33. The molecule has 1 heterocycles. The summed E-state index contributed by atoms with van der Waals surface area (Å²) in [6.07, 6.45) is -3.31. The molecule has 0 radical (unpaired) electrons. The fourth-order valence-corrected chi connectivity index (χ4v) is 3.66. The fourth-order valence-electron chi connectivity index (χ4n) is 3.66. The molecule has 0 aliphatic heterocycles. The second kappa shape index (κ2) is 8.42. The number of nitrogens with zero attached hydrogens (tertiary/aromatic N) is 2. The monoisotopic (exact) mass is 438 g/mol. The van der Waals surface area contributed by atoms with Gasteiger partial charge in [0.05, 0.1) is 17.5 Å².